The molecule has 2 aromatic carbocycles. The van der Waals surface area contributed by atoms with Gasteiger partial charge in [0.05, 0.1) is 11.1 Å². The van der Waals surface area contributed by atoms with Gasteiger partial charge < -0.3 is 9.64 Å². The summed E-state index contributed by atoms with van der Waals surface area (Å²) in [5, 5.41) is 0.718. The van der Waals surface area contributed by atoms with Gasteiger partial charge in [0.15, 0.2) is 6.61 Å². The molecule has 0 aliphatic carbocycles. The number of benzene rings is 2. The molecule has 0 aliphatic heterocycles. The first-order chi connectivity index (χ1) is 13.5. The van der Waals surface area contributed by atoms with Crippen LogP contribution >= 0.6 is 0 Å². The number of ether oxygens (including phenoxy) is 1. The number of fused-ring (bicyclic) bond motifs is 1. The lowest BCUT2D eigenvalue weighted by atomic mass is 10.1. The van der Waals surface area contributed by atoms with Gasteiger partial charge in [-0.05, 0) is 38.5 Å². The maximum Gasteiger partial charge on any atom is 0.339 e. The third-order valence-electron chi connectivity index (χ3n) is 4.53. The van der Waals surface area contributed by atoms with Crippen LogP contribution in [0.25, 0.3) is 10.9 Å². The molecule has 0 N–H and O–H groups in total. The summed E-state index contributed by atoms with van der Waals surface area (Å²) in [5.41, 5.74) is 2.92. The van der Waals surface area contributed by atoms with Crippen LogP contribution in [0.5, 0.6) is 0 Å². The first kappa shape index (κ1) is 19.5. The van der Waals surface area contributed by atoms with Crippen LogP contribution in [0, 0.1) is 6.92 Å². The minimum Gasteiger partial charge on any atom is -0.452 e. The van der Waals surface area contributed by atoms with Gasteiger partial charge in [0.1, 0.15) is 0 Å². The largest absolute Gasteiger partial charge is 0.452 e. The predicted molar refractivity (Wildman–Crippen MR) is 109 cm³/mol. The highest BCUT2D eigenvalue weighted by atomic mass is 16.5. The van der Waals surface area contributed by atoms with Gasteiger partial charge in [-0.3, -0.25) is 9.78 Å². The standard InChI is InChI=1S/C23H24N2O3/c1-16(2)25(14-18-9-5-4-6-10-18)22(26)15-28-23(27)20-13-17(3)24-21-12-8-7-11-19(20)21/h4-13,16H,14-15H2,1-3H3. The van der Waals surface area contributed by atoms with Crippen molar-refractivity contribution in [2.45, 2.75) is 33.4 Å². The lowest BCUT2D eigenvalue weighted by Gasteiger charge is -2.26. The Balaban J connectivity index is 1.72. The average Bonchev–Trinajstić information content (AvgIpc) is 2.69. The van der Waals surface area contributed by atoms with Crippen molar-refractivity contribution in [3.05, 3.63) is 77.5 Å². The number of rotatable bonds is 6. The monoisotopic (exact) mass is 376 g/mol. The van der Waals surface area contributed by atoms with Crippen molar-refractivity contribution < 1.29 is 14.3 Å². The number of nitrogens with zero attached hydrogens (tertiary/aromatic N) is 2. The van der Waals surface area contributed by atoms with Gasteiger partial charge in [0.25, 0.3) is 5.91 Å². The number of esters is 1. The lowest BCUT2D eigenvalue weighted by Crippen LogP contribution is -2.39. The van der Waals surface area contributed by atoms with E-state index in [9.17, 15) is 9.59 Å². The summed E-state index contributed by atoms with van der Waals surface area (Å²) < 4.78 is 5.36. The summed E-state index contributed by atoms with van der Waals surface area (Å²) in [6.45, 7) is 5.91. The minimum atomic E-state index is -0.515. The second-order valence-corrected chi connectivity index (χ2v) is 7.01. The normalized spacial score (nSPS) is 10.9. The topological polar surface area (TPSA) is 59.5 Å². The fourth-order valence-corrected chi connectivity index (χ4v) is 3.10. The molecule has 144 valence electrons. The van der Waals surface area contributed by atoms with Gasteiger partial charge in [-0.1, -0.05) is 48.5 Å². The summed E-state index contributed by atoms with van der Waals surface area (Å²) in [6, 6.07) is 18.9. The Morgan fingerprint density at radius 2 is 1.71 bits per heavy atom. The molecule has 0 bridgehead atoms. The molecular formula is C23H24N2O3. The maximum atomic E-state index is 12.7. The number of aryl methyl sites for hydroxylation is 1. The van der Waals surface area contributed by atoms with E-state index in [0.717, 1.165) is 22.2 Å². The number of para-hydroxylation sites is 1. The zero-order valence-electron chi connectivity index (χ0n) is 16.4. The fraction of sp³-hybridized carbons (Fsp3) is 0.261. The molecular weight excluding hydrogens is 352 g/mol. The Bertz CT molecular complexity index is 984. The van der Waals surface area contributed by atoms with E-state index >= 15 is 0 Å². The van der Waals surface area contributed by atoms with Crippen molar-refractivity contribution in [2.24, 2.45) is 0 Å². The molecule has 1 heterocycles. The molecule has 1 amide bonds. The number of aromatic nitrogens is 1. The Hall–Kier alpha value is -3.21. The molecule has 0 aliphatic rings. The molecule has 0 unspecified atom stereocenters. The van der Waals surface area contributed by atoms with Crippen LogP contribution in [-0.2, 0) is 16.1 Å². The molecule has 0 saturated carbocycles. The highest BCUT2D eigenvalue weighted by Gasteiger charge is 2.20. The van der Waals surface area contributed by atoms with Gasteiger partial charge in [0.2, 0.25) is 0 Å². The highest BCUT2D eigenvalue weighted by molar-refractivity contribution is 6.04. The van der Waals surface area contributed by atoms with Gasteiger partial charge in [0, 0.05) is 23.7 Å². The van der Waals surface area contributed by atoms with Crippen molar-refractivity contribution >= 4 is 22.8 Å². The first-order valence-corrected chi connectivity index (χ1v) is 9.32. The molecule has 0 atom stereocenters. The maximum absolute atomic E-state index is 12.7. The molecule has 28 heavy (non-hydrogen) atoms. The highest BCUT2D eigenvalue weighted by Crippen LogP contribution is 2.19. The fourth-order valence-electron chi connectivity index (χ4n) is 3.10. The summed E-state index contributed by atoms with van der Waals surface area (Å²) >= 11 is 0. The number of carbonyl (C=O) groups is 2. The third-order valence-corrected chi connectivity index (χ3v) is 4.53. The van der Waals surface area contributed by atoms with Gasteiger partial charge >= 0.3 is 5.97 Å². The molecule has 3 rings (SSSR count). The molecule has 5 heteroatoms. The molecule has 0 radical (unpaired) electrons. The van der Waals surface area contributed by atoms with Crippen LogP contribution in [0.4, 0.5) is 0 Å². The molecule has 5 nitrogen and oxygen atoms in total. The molecule has 0 saturated heterocycles. The number of carbonyl (C=O) groups excluding carboxylic acids is 2. The van der Waals surface area contributed by atoms with E-state index in [1.165, 1.54) is 0 Å². The molecule has 1 aromatic heterocycles. The van der Waals surface area contributed by atoms with E-state index in [4.69, 9.17) is 4.74 Å². The smallest absolute Gasteiger partial charge is 0.339 e. The molecule has 3 aromatic rings. The molecule has 0 fully saturated rings. The van der Waals surface area contributed by atoms with Crippen molar-refractivity contribution in [3.63, 3.8) is 0 Å². The molecule has 0 spiro atoms. The first-order valence-electron chi connectivity index (χ1n) is 9.32. The zero-order chi connectivity index (χ0) is 20.1. The second-order valence-electron chi connectivity index (χ2n) is 7.01. The van der Waals surface area contributed by atoms with Gasteiger partial charge in [-0.25, -0.2) is 4.79 Å². The summed E-state index contributed by atoms with van der Waals surface area (Å²) in [4.78, 5) is 31.5. The predicted octanol–water partition coefficient (Wildman–Crippen LogP) is 4.14. The average molecular weight is 376 g/mol. The Kier molecular flexibility index (Phi) is 6.04. The summed E-state index contributed by atoms with van der Waals surface area (Å²) in [7, 11) is 0. The number of pyridine rings is 1. The summed E-state index contributed by atoms with van der Waals surface area (Å²) in [6.07, 6.45) is 0. The number of hydrogen-bond acceptors (Lipinski definition) is 4. The van der Waals surface area contributed by atoms with Crippen molar-refractivity contribution in [1.82, 2.24) is 9.88 Å². The van der Waals surface area contributed by atoms with Crippen LogP contribution in [0.1, 0.15) is 35.5 Å². The third kappa shape index (κ3) is 4.55. The van der Waals surface area contributed by atoms with E-state index in [2.05, 4.69) is 4.98 Å². The lowest BCUT2D eigenvalue weighted by molar-refractivity contribution is -0.136. The van der Waals surface area contributed by atoms with E-state index < -0.39 is 5.97 Å². The Labute approximate surface area is 165 Å². The van der Waals surface area contributed by atoms with Gasteiger partial charge in [-0.2, -0.15) is 0 Å². The van der Waals surface area contributed by atoms with Crippen LogP contribution in [0.2, 0.25) is 0 Å². The Morgan fingerprint density at radius 1 is 1.04 bits per heavy atom. The van der Waals surface area contributed by atoms with Crippen LogP contribution < -0.4 is 0 Å². The van der Waals surface area contributed by atoms with Crippen LogP contribution in [-0.4, -0.2) is 34.4 Å². The van der Waals surface area contributed by atoms with Crippen molar-refractivity contribution in [1.29, 1.82) is 0 Å². The van der Waals surface area contributed by atoms with Crippen molar-refractivity contribution in [2.75, 3.05) is 6.61 Å². The zero-order valence-corrected chi connectivity index (χ0v) is 16.4. The van der Waals surface area contributed by atoms with E-state index in [1.54, 1.807) is 11.0 Å². The number of amides is 1. The summed E-state index contributed by atoms with van der Waals surface area (Å²) in [5.74, 6) is -0.735. The van der Waals surface area contributed by atoms with E-state index in [-0.39, 0.29) is 18.6 Å². The van der Waals surface area contributed by atoms with Gasteiger partial charge in [-0.15, -0.1) is 0 Å². The van der Waals surface area contributed by atoms with E-state index in [1.807, 2.05) is 75.4 Å². The Morgan fingerprint density at radius 3 is 2.43 bits per heavy atom. The quantitative estimate of drug-likeness (QED) is 0.607. The minimum absolute atomic E-state index is 0.00425. The SMILES string of the molecule is Cc1cc(C(=O)OCC(=O)N(Cc2ccccc2)C(C)C)c2ccccc2n1. The number of hydrogen-bond donors (Lipinski definition) is 0. The van der Waals surface area contributed by atoms with Crippen molar-refractivity contribution in [3.8, 4) is 0 Å². The van der Waals surface area contributed by atoms with Crippen LogP contribution in [0.15, 0.2) is 60.7 Å². The van der Waals surface area contributed by atoms with Crippen LogP contribution in [0.3, 0.4) is 0 Å². The van der Waals surface area contributed by atoms with E-state index in [0.29, 0.717) is 12.1 Å². The second kappa shape index (κ2) is 8.65.